The first-order valence-corrected chi connectivity index (χ1v) is 9.60. The third-order valence-electron chi connectivity index (χ3n) is 4.47. The van der Waals surface area contributed by atoms with E-state index in [1.165, 1.54) is 6.20 Å². The van der Waals surface area contributed by atoms with Gasteiger partial charge < -0.3 is 5.32 Å². The van der Waals surface area contributed by atoms with Gasteiger partial charge in [0.15, 0.2) is 9.84 Å². The Hall–Kier alpha value is -3.35. The summed E-state index contributed by atoms with van der Waals surface area (Å²) in [7, 11) is -3.28. The van der Waals surface area contributed by atoms with Crippen molar-refractivity contribution < 1.29 is 8.42 Å². The zero-order valence-corrected chi connectivity index (χ0v) is 14.5. The number of benzene rings is 2. The van der Waals surface area contributed by atoms with E-state index in [4.69, 9.17) is 6.42 Å². The summed E-state index contributed by atoms with van der Waals surface area (Å²) >= 11 is 0. The SMILES string of the molecule is C#Cc1cccc(Nc2c(C#N)cnc3ccc4c(c23)CCS4(=O)=O)c1. The molecule has 0 aliphatic carbocycles. The summed E-state index contributed by atoms with van der Waals surface area (Å²) in [5.41, 5.74) is 3.70. The first-order chi connectivity index (χ1) is 12.5. The van der Waals surface area contributed by atoms with E-state index < -0.39 is 9.84 Å². The van der Waals surface area contributed by atoms with Gasteiger partial charge in [0.25, 0.3) is 0 Å². The van der Waals surface area contributed by atoms with Crippen LogP contribution in [0.25, 0.3) is 10.9 Å². The molecule has 2 aromatic carbocycles. The van der Waals surface area contributed by atoms with Gasteiger partial charge in [-0.2, -0.15) is 5.26 Å². The molecule has 0 atom stereocenters. The summed E-state index contributed by atoms with van der Waals surface area (Å²) in [6.45, 7) is 0. The number of aryl methyl sites for hydroxylation is 1. The number of rotatable bonds is 2. The normalized spacial score (nSPS) is 14.4. The van der Waals surface area contributed by atoms with Gasteiger partial charge in [-0.15, -0.1) is 6.42 Å². The van der Waals surface area contributed by atoms with Gasteiger partial charge in [0.2, 0.25) is 0 Å². The van der Waals surface area contributed by atoms with Crippen LogP contribution in [-0.4, -0.2) is 19.2 Å². The van der Waals surface area contributed by atoms with Crippen molar-refractivity contribution in [2.45, 2.75) is 11.3 Å². The summed E-state index contributed by atoms with van der Waals surface area (Å²) in [6.07, 6.45) is 7.35. The van der Waals surface area contributed by atoms with E-state index in [0.717, 1.165) is 5.69 Å². The molecule has 2 heterocycles. The summed E-state index contributed by atoms with van der Waals surface area (Å²) < 4.78 is 24.6. The minimum Gasteiger partial charge on any atom is -0.354 e. The van der Waals surface area contributed by atoms with E-state index in [1.54, 1.807) is 18.2 Å². The number of anilines is 2. The molecular formula is C20H13N3O2S. The first kappa shape index (κ1) is 16.1. The zero-order valence-electron chi connectivity index (χ0n) is 13.7. The number of nitrogens with one attached hydrogen (secondary N) is 1. The molecular weight excluding hydrogens is 346 g/mol. The summed E-state index contributed by atoms with van der Waals surface area (Å²) in [6, 6.07) is 12.7. The number of nitriles is 1. The van der Waals surface area contributed by atoms with Crippen LogP contribution in [-0.2, 0) is 16.3 Å². The van der Waals surface area contributed by atoms with Crippen LogP contribution in [0.5, 0.6) is 0 Å². The molecule has 4 rings (SSSR count). The molecule has 0 unspecified atom stereocenters. The highest BCUT2D eigenvalue weighted by atomic mass is 32.2. The minimum atomic E-state index is -3.28. The number of pyridine rings is 1. The van der Waals surface area contributed by atoms with Crippen molar-refractivity contribution in [3.8, 4) is 18.4 Å². The molecule has 1 N–H and O–H groups in total. The van der Waals surface area contributed by atoms with Gasteiger partial charge in [-0.05, 0) is 42.3 Å². The van der Waals surface area contributed by atoms with Crippen LogP contribution in [0, 0.1) is 23.7 Å². The van der Waals surface area contributed by atoms with Crippen LogP contribution in [0.3, 0.4) is 0 Å². The quantitative estimate of drug-likeness (QED) is 0.711. The number of hydrogen-bond donors (Lipinski definition) is 1. The second-order valence-corrected chi connectivity index (χ2v) is 8.09. The maximum Gasteiger partial charge on any atom is 0.179 e. The molecule has 126 valence electrons. The fourth-order valence-corrected chi connectivity index (χ4v) is 4.82. The Balaban J connectivity index is 2.00. The fraction of sp³-hybridized carbons (Fsp3) is 0.100. The van der Waals surface area contributed by atoms with E-state index >= 15 is 0 Å². The number of hydrogen-bond acceptors (Lipinski definition) is 5. The zero-order chi connectivity index (χ0) is 18.3. The van der Waals surface area contributed by atoms with Crippen LogP contribution in [0.15, 0.2) is 47.5 Å². The number of sulfone groups is 1. The Labute approximate surface area is 151 Å². The van der Waals surface area contributed by atoms with Crippen LogP contribution >= 0.6 is 0 Å². The molecule has 0 amide bonds. The summed E-state index contributed by atoms with van der Waals surface area (Å²) in [5, 5.41) is 13.4. The topological polar surface area (TPSA) is 82.8 Å². The predicted octanol–water partition coefficient (Wildman–Crippen LogP) is 3.16. The minimum absolute atomic E-state index is 0.0737. The van der Waals surface area contributed by atoms with Gasteiger partial charge in [0, 0.05) is 22.8 Å². The van der Waals surface area contributed by atoms with Gasteiger partial charge in [-0.1, -0.05) is 12.0 Å². The molecule has 5 nitrogen and oxygen atoms in total. The predicted molar refractivity (Wildman–Crippen MR) is 99.9 cm³/mol. The smallest absolute Gasteiger partial charge is 0.179 e. The average molecular weight is 359 g/mol. The van der Waals surface area contributed by atoms with Gasteiger partial charge >= 0.3 is 0 Å². The van der Waals surface area contributed by atoms with Crippen LogP contribution in [0.2, 0.25) is 0 Å². The summed E-state index contributed by atoms with van der Waals surface area (Å²) in [5.74, 6) is 2.65. The lowest BCUT2D eigenvalue weighted by Gasteiger charge is -2.14. The van der Waals surface area contributed by atoms with Crippen LogP contribution < -0.4 is 5.32 Å². The van der Waals surface area contributed by atoms with Gasteiger partial charge in [0.05, 0.1) is 27.4 Å². The number of aromatic nitrogens is 1. The van der Waals surface area contributed by atoms with Crippen molar-refractivity contribution >= 4 is 32.1 Å². The third-order valence-corrected chi connectivity index (χ3v) is 6.27. The lowest BCUT2D eigenvalue weighted by atomic mass is 10.0. The van der Waals surface area contributed by atoms with Crippen molar-refractivity contribution in [2.24, 2.45) is 0 Å². The van der Waals surface area contributed by atoms with E-state index in [0.29, 0.717) is 44.6 Å². The van der Waals surface area contributed by atoms with E-state index in [2.05, 4.69) is 22.3 Å². The van der Waals surface area contributed by atoms with E-state index in [-0.39, 0.29) is 5.75 Å². The van der Waals surface area contributed by atoms with Crippen LogP contribution in [0.4, 0.5) is 11.4 Å². The van der Waals surface area contributed by atoms with Crippen molar-refractivity contribution in [2.75, 3.05) is 11.1 Å². The highest BCUT2D eigenvalue weighted by Gasteiger charge is 2.29. The van der Waals surface area contributed by atoms with Crippen molar-refractivity contribution in [1.82, 2.24) is 4.98 Å². The van der Waals surface area contributed by atoms with Gasteiger partial charge in [0.1, 0.15) is 6.07 Å². The Morgan fingerprint density at radius 2 is 2.08 bits per heavy atom. The number of nitrogens with zero attached hydrogens (tertiary/aromatic N) is 2. The molecule has 1 aliphatic heterocycles. The molecule has 3 aromatic rings. The van der Waals surface area contributed by atoms with Crippen molar-refractivity contribution in [3.63, 3.8) is 0 Å². The second-order valence-electron chi connectivity index (χ2n) is 6.01. The fourth-order valence-electron chi connectivity index (χ4n) is 3.27. The Bertz CT molecular complexity index is 1250. The largest absolute Gasteiger partial charge is 0.354 e. The lowest BCUT2D eigenvalue weighted by Crippen LogP contribution is -2.00. The Morgan fingerprint density at radius 1 is 1.23 bits per heavy atom. The van der Waals surface area contributed by atoms with E-state index in [1.807, 2.05) is 18.2 Å². The second kappa shape index (κ2) is 5.87. The average Bonchev–Trinajstić information content (AvgIpc) is 2.97. The van der Waals surface area contributed by atoms with Crippen molar-refractivity contribution in [1.29, 1.82) is 5.26 Å². The highest BCUT2D eigenvalue weighted by molar-refractivity contribution is 7.91. The van der Waals surface area contributed by atoms with E-state index in [9.17, 15) is 13.7 Å². The summed E-state index contributed by atoms with van der Waals surface area (Å²) in [4.78, 5) is 4.65. The number of fused-ring (bicyclic) bond motifs is 3. The molecule has 0 saturated heterocycles. The molecule has 0 fully saturated rings. The molecule has 0 radical (unpaired) electrons. The standard InChI is InChI=1S/C20H13N3O2S/c1-2-13-4-3-5-15(10-13)23-20-14(11-21)12-22-17-6-7-18-16(19(17)20)8-9-26(18,24)25/h1,3-7,10,12H,8-9H2,(H,22,23). The molecule has 1 aromatic heterocycles. The molecule has 26 heavy (non-hydrogen) atoms. The monoisotopic (exact) mass is 359 g/mol. The van der Waals surface area contributed by atoms with Gasteiger partial charge in [-0.3, -0.25) is 4.98 Å². The third kappa shape index (κ3) is 2.48. The van der Waals surface area contributed by atoms with Gasteiger partial charge in [-0.25, -0.2) is 8.42 Å². The van der Waals surface area contributed by atoms with Crippen LogP contribution in [0.1, 0.15) is 16.7 Å². The molecule has 1 aliphatic rings. The lowest BCUT2D eigenvalue weighted by molar-refractivity contribution is 0.600. The first-order valence-electron chi connectivity index (χ1n) is 7.94. The number of terminal acetylenes is 1. The van der Waals surface area contributed by atoms with Crippen molar-refractivity contribution in [3.05, 3.63) is 59.3 Å². The molecule has 0 spiro atoms. The highest BCUT2D eigenvalue weighted by Crippen LogP contribution is 2.38. The molecule has 6 heteroatoms. The Morgan fingerprint density at radius 3 is 2.85 bits per heavy atom. The Kier molecular flexibility index (Phi) is 3.64. The molecule has 0 bridgehead atoms. The maximum absolute atomic E-state index is 12.3. The molecule has 0 saturated carbocycles. The maximum atomic E-state index is 12.3.